The highest BCUT2D eigenvalue weighted by molar-refractivity contribution is 14.0. The molecule has 0 atom stereocenters. The number of benzene rings is 1. The SMILES string of the molecule is COC(=O)c1ccc(CCN=C(N)NC(C)(C)C)cc1.I. The molecule has 1 aromatic rings. The average molecular weight is 405 g/mol. The first kappa shape index (κ1) is 19.7. The Kier molecular flexibility index (Phi) is 8.31. The predicted molar refractivity (Wildman–Crippen MR) is 96.3 cm³/mol. The van der Waals surface area contributed by atoms with Crippen molar-refractivity contribution in [1.29, 1.82) is 0 Å². The number of esters is 1. The molecule has 118 valence electrons. The van der Waals surface area contributed by atoms with E-state index in [1.807, 2.05) is 32.9 Å². The van der Waals surface area contributed by atoms with E-state index >= 15 is 0 Å². The van der Waals surface area contributed by atoms with E-state index in [1.165, 1.54) is 7.11 Å². The van der Waals surface area contributed by atoms with Gasteiger partial charge in [-0.2, -0.15) is 0 Å². The number of methoxy groups -OCH3 is 1. The van der Waals surface area contributed by atoms with E-state index in [-0.39, 0.29) is 35.5 Å². The van der Waals surface area contributed by atoms with Crippen LogP contribution in [-0.2, 0) is 11.2 Å². The van der Waals surface area contributed by atoms with Crippen molar-refractivity contribution in [2.24, 2.45) is 10.7 Å². The lowest BCUT2D eigenvalue weighted by Gasteiger charge is -2.20. The van der Waals surface area contributed by atoms with Gasteiger partial charge >= 0.3 is 5.97 Å². The van der Waals surface area contributed by atoms with Crippen LogP contribution in [-0.4, -0.2) is 31.1 Å². The molecule has 0 saturated heterocycles. The normalized spacial score (nSPS) is 11.5. The fourth-order valence-electron chi connectivity index (χ4n) is 1.65. The number of nitrogens with two attached hydrogens (primary N) is 1. The highest BCUT2D eigenvalue weighted by Crippen LogP contribution is 2.06. The van der Waals surface area contributed by atoms with Crippen LogP contribution in [0.25, 0.3) is 0 Å². The summed E-state index contributed by atoms with van der Waals surface area (Å²) in [5.41, 5.74) is 7.35. The summed E-state index contributed by atoms with van der Waals surface area (Å²) in [7, 11) is 1.37. The zero-order chi connectivity index (χ0) is 15.2. The molecule has 0 aromatic heterocycles. The summed E-state index contributed by atoms with van der Waals surface area (Å²) in [6.07, 6.45) is 0.772. The Morgan fingerprint density at radius 2 is 1.86 bits per heavy atom. The maximum atomic E-state index is 11.3. The van der Waals surface area contributed by atoms with Gasteiger partial charge in [0, 0.05) is 12.1 Å². The summed E-state index contributed by atoms with van der Waals surface area (Å²) in [4.78, 5) is 15.6. The van der Waals surface area contributed by atoms with Crippen LogP contribution in [0, 0.1) is 0 Å². The maximum absolute atomic E-state index is 11.3. The maximum Gasteiger partial charge on any atom is 0.337 e. The highest BCUT2D eigenvalue weighted by atomic mass is 127. The third kappa shape index (κ3) is 7.89. The van der Waals surface area contributed by atoms with E-state index in [2.05, 4.69) is 15.0 Å². The standard InChI is InChI=1S/C15H23N3O2.HI/c1-15(2,3)18-14(16)17-10-9-11-5-7-12(8-6-11)13(19)20-4;/h5-8H,9-10H2,1-4H3,(H3,16,17,18);1H. The first-order valence-corrected chi connectivity index (χ1v) is 6.57. The Hall–Kier alpha value is -1.31. The largest absolute Gasteiger partial charge is 0.465 e. The molecule has 1 aromatic carbocycles. The summed E-state index contributed by atoms with van der Waals surface area (Å²) in [5, 5.41) is 3.10. The number of aliphatic imine (C=N–C) groups is 1. The zero-order valence-electron chi connectivity index (χ0n) is 13.0. The Balaban J connectivity index is 0.00000400. The fourth-order valence-corrected chi connectivity index (χ4v) is 1.65. The molecule has 0 radical (unpaired) electrons. The minimum Gasteiger partial charge on any atom is -0.465 e. The summed E-state index contributed by atoms with van der Waals surface area (Å²) in [5.74, 6) is 0.122. The number of nitrogens with zero attached hydrogens (tertiary/aromatic N) is 1. The van der Waals surface area contributed by atoms with Crippen molar-refractivity contribution in [3.05, 3.63) is 35.4 Å². The molecule has 0 amide bonds. The molecule has 0 aliphatic heterocycles. The number of guanidine groups is 1. The van der Waals surface area contributed by atoms with Crippen LogP contribution in [0.5, 0.6) is 0 Å². The van der Waals surface area contributed by atoms with Gasteiger partial charge in [0.05, 0.1) is 12.7 Å². The summed E-state index contributed by atoms with van der Waals surface area (Å²) < 4.78 is 4.65. The van der Waals surface area contributed by atoms with Gasteiger partial charge in [0.2, 0.25) is 0 Å². The number of halogens is 1. The van der Waals surface area contributed by atoms with Crippen molar-refractivity contribution in [1.82, 2.24) is 5.32 Å². The Morgan fingerprint density at radius 1 is 1.29 bits per heavy atom. The van der Waals surface area contributed by atoms with E-state index in [1.54, 1.807) is 12.1 Å². The van der Waals surface area contributed by atoms with Gasteiger partial charge in [-0.3, -0.25) is 4.99 Å². The summed E-state index contributed by atoms with van der Waals surface area (Å²) in [6.45, 7) is 6.69. The number of ether oxygens (including phenoxy) is 1. The van der Waals surface area contributed by atoms with E-state index in [4.69, 9.17) is 5.73 Å². The molecule has 0 spiro atoms. The van der Waals surface area contributed by atoms with E-state index in [0.717, 1.165) is 12.0 Å². The molecule has 21 heavy (non-hydrogen) atoms. The van der Waals surface area contributed by atoms with Gasteiger partial charge in [-0.25, -0.2) is 4.79 Å². The number of hydrogen-bond donors (Lipinski definition) is 2. The molecule has 5 nitrogen and oxygen atoms in total. The van der Waals surface area contributed by atoms with Crippen LogP contribution in [0.2, 0.25) is 0 Å². The molecule has 0 fully saturated rings. The van der Waals surface area contributed by atoms with Crippen LogP contribution < -0.4 is 11.1 Å². The second kappa shape index (κ2) is 8.86. The second-order valence-electron chi connectivity index (χ2n) is 5.58. The minimum atomic E-state index is -0.326. The van der Waals surface area contributed by atoms with E-state index < -0.39 is 0 Å². The lowest BCUT2D eigenvalue weighted by Crippen LogP contribution is -2.45. The van der Waals surface area contributed by atoms with Crippen molar-refractivity contribution < 1.29 is 9.53 Å². The van der Waals surface area contributed by atoms with Crippen LogP contribution in [0.15, 0.2) is 29.3 Å². The highest BCUT2D eigenvalue weighted by Gasteiger charge is 2.09. The molecule has 0 bridgehead atoms. The molecular weight excluding hydrogens is 381 g/mol. The van der Waals surface area contributed by atoms with Gasteiger partial charge < -0.3 is 15.8 Å². The minimum absolute atomic E-state index is 0. The fraction of sp³-hybridized carbons (Fsp3) is 0.467. The molecule has 0 aliphatic carbocycles. The lowest BCUT2D eigenvalue weighted by molar-refractivity contribution is 0.0600. The zero-order valence-corrected chi connectivity index (χ0v) is 15.3. The molecule has 0 aliphatic rings. The average Bonchev–Trinajstić information content (AvgIpc) is 2.36. The Morgan fingerprint density at radius 3 is 2.33 bits per heavy atom. The molecule has 0 heterocycles. The number of carbonyl (C=O) groups excluding carboxylic acids is 1. The van der Waals surface area contributed by atoms with Crippen molar-refractivity contribution in [2.45, 2.75) is 32.7 Å². The van der Waals surface area contributed by atoms with Crippen LogP contribution in [0.4, 0.5) is 0 Å². The third-order valence-electron chi connectivity index (χ3n) is 2.56. The van der Waals surface area contributed by atoms with Crippen molar-refractivity contribution in [2.75, 3.05) is 13.7 Å². The van der Waals surface area contributed by atoms with E-state index in [0.29, 0.717) is 18.1 Å². The quantitative estimate of drug-likeness (QED) is 0.349. The third-order valence-corrected chi connectivity index (χ3v) is 2.56. The molecule has 0 saturated carbocycles. The predicted octanol–water partition coefficient (Wildman–Crippen LogP) is 2.34. The van der Waals surface area contributed by atoms with Gasteiger partial charge in [-0.1, -0.05) is 12.1 Å². The first-order chi connectivity index (χ1) is 9.31. The second-order valence-corrected chi connectivity index (χ2v) is 5.58. The topological polar surface area (TPSA) is 76.7 Å². The smallest absolute Gasteiger partial charge is 0.337 e. The molecule has 1 rings (SSSR count). The number of nitrogens with one attached hydrogen (secondary N) is 1. The lowest BCUT2D eigenvalue weighted by atomic mass is 10.1. The van der Waals surface area contributed by atoms with Crippen LogP contribution >= 0.6 is 24.0 Å². The summed E-state index contributed by atoms with van der Waals surface area (Å²) in [6, 6.07) is 7.30. The number of rotatable bonds is 4. The first-order valence-electron chi connectivity index (χ1n) is 6.57. The Labute approximate surface area is 143 Å². The monoisotopic (exact) mass is 405 g/mol. The number of hydrogen-bond acceptors (Lipinski definition) is 3. The van der Waals surface area contributed by atoms with Crippen LogP contribution in [0.3, 0.4) is 0 Å². The van der Waals surface area contributed by atoms with Crippen molar-refractivity contribution in [3.63, 3.8) is 0 Å². The molecular formula is C15H24IN3O2. The van der Waals surface area contributed by atoms with Gasteiger partial charge in [0.15, 0.2) is 5.96 Å². The Bertz CT molecular complexity index is 479. The van der Waals surface area contributed by atoms with Crippen molar-refractivity contribution >= 4 is 35.9 Å². The van der Waals surface area contributed by atoms with E-state index in [9.17, 15) is 4.79 Å². The molecule has 3 N–H and O–H groups in total. The summed E-state index contributed by atoms with van der Waals surface area (Å²) >= 11 is 0. The van der Waals surface area contributed by atoms with Gasteiger partial charge in [0.25, 0.3) is 0 Å². The van der Waals surface area contributed by atoms with Gasteiger partial charge in [0.1, 0.15) is 0 Å². The van der Waals surface area contributed by atoms with Crippen LogP contribution in [0.1, 0.15) is 36.7 Å². The number of carbonyl (C=O) groups is 1. The molecule has 0 unspecified atom stereocenters. The van der Waals surface area contributed by atoms with Gasteiger partial charge in [-0.15, -0.1) is 24.0 Å². The van der Waals surface area contributed by atoms with Crippen molar-refractivity contribution in [3.8, 4) is 0 Å². The molecule has 6 heteroatoms. The van der Waals surface area contributed by atoms with Gasteiger partial charge in [-0.05, 0) is 44.9 Å².